The fraction of sp³-hybridized carbons (Fsp3) is 0.188. The summed E-state index contributed by atoms with van der Waals surface area (Å²) < 4.78 is 5.57. The number of carboxylic acids is 1. The second kappa shape index (κ2) is 5.65. The Balaban J connectivity index is 2.41. The van der Waals surface area contributed by atoms with Gasteiger partial charge in [0.15, 0.2) is 0 Å². The molecule has 0 aliphatic heterocycles. The molecule has 3 N–H and O–H groups in total. The van der Waals surface area contributed by atoms with E-state index in [1.165, 1.54) is 6.07 Å². The van der Waals surface area contributed by atoms with Gasteiger partial charge < -0.3 is 15.6 Å². The maximum atomic E-state index is 11.3. The molecule has 0 unspecified atom stereocenters. The number of benzene rings is 2. The number of rotatable bonds is 4. The van der Waals surface area contributed by atoms with E-state index in [1.54, 1.807) is 12.1 Å². The monoisotopic (exact) mass is 271 g/mol. The van der Waals surface area contributed by atoms with E-state index in [0.29, 0.717) is 11.3 Å². The van der Waals surface area contributed by atoms with Gasteiger partial charge in [0.2, 0.25) is 0 Å². The lowest BCUT2D eigenvalue weighted by molar-refractivity contribution is 0.0698. The highest BCUT2D eigenvalue weighted by Crippen LogP contribution is 2.28. The highest BCUT2D eigenvalue weighted by molar-refractivity contribution is 5.96. The third-order valence-electron chi connectivity index (χ3n) is 2.81. The molecule has 0 amide bonds. The molecule has 4 nitrogen and oxygen atoms in total. The van der Waals surface area contributed by atoms with E-state index < -0.39 is 5.97 Å². The van der Waals surface area contributed by atoms with Crippen LogP contribution in [0.25, 0.3) is 11.1 Å². The van der Waals surface area contributed by atoms with Gasteiger partial charge in [-0.25, -0.2) is 4.79 Å². The molecule has 0 aliphatic rings. The Bertz CT molecular complexity index is 618. The van der Waals surface area contributed by atoms with Crippen molar-refractivity contribution in [2.45, 2.75) is 20.0 Å². The van der Waals surface area contributed by atoms with Gasteiger partial charge in [0.1, 0.15) is 5.75 Å². The number of hydrogen-bond donors (Lipinski definition) is 2. The quantitative estimate of drug-likeness (QED) is 0.836. The summed E-state index contributed by atoms with van der Waals surface area (Å²) in [6.45, 7) is 3.91. The summed E-state index contributed by atoms with van der Waals surface area (Å²) in [5, 5.41) is 9.23. The molecule has 2 rings (SSSR count). The van der Waals surface area contributed by atoms with Crippen LogP contribution in [0.5, 0.6) is 5.75 Å². The Morgan fingerprint density at radius 3 is 2.35 bits per heavy atom. The van der Waals surface area contributed by atoms with Gasteiger partial charge >= 0.3 is 5.97 Å². The van der Waals surface area contributed by atoms with E-state index in [9.17, 15) is 9.90 Å². The smallest absolute Gasteiger partial charge is 0.336 e. The molecule has 0 aliphatic carbocycles. The predicted molar refractivity (Wildman–Crippen MR) is 79.0 cm³/mol. The number of hydrogen-bond acceptors (Lipinski definition) is 3. The second-order valence-corrected chi connectivity index (χ2v) is 4.80. The fourth-order valence-electron chi connectivity index (χ4n) is 1.97. The molecule has 2 aromatic rings. The first-order valence-electron chi connectivity index (χ1n) is 6.37. The van der Waals surface area contributed by atoms with Gasteiger partial charge in [0.25, 0.3) is 0 Å². The predicted octanol–water partition coefficient (Wildman–Crippen LogP) is 3.42. The largest absolute Gasteiger partial charge is 0.491 e. The Hall–Kier alpha value is -2.49. The molecule has 0 heterocycles. The minimum absolute atomic E-state index is 0.0998. The van der Waals surface area contributed by atoms with Gasteiger partial charge in [0.05, 0.1) is 11.7 Å². The summed E-state index contributed by atoms with van der Waals surface area (Å²) in [7, 11) is 0. The number of nitrogens with two attached hydrogens (primary N) is 1. The summed E-state index contributed by atoms with van der Waals surface area (Å²) in [6.07, 6.45) is 0.0998. The van der Waals surface area contributed by atoms with Crippen LogP contribution in [0.15, 0.2) is 42.5 Å². The van der Waals surface area contributed by atoms with Gasteiger partial charge in [-0.1, -0.05) is 12.1 Å². The Kier molecular flexibility index (Phi) is 3.94. The van der Waals surface area contributed by atoms with Crippen LogP contribution >= 0.6 is 0 Å². The number of ether oxygens (including phenoxy) is 1. The van der Waals surface area contributed by atoms with Crippen LogP contribution in [0, 0.1) is 0 Å². The van der Waals surface area contributed by atoms with Crippen molar-refractivity contribution in [3.8, 4) is 16.9 Å². The van der Waals surface area contributed by atoms with Crippen LogP contribution in [0.1, 0.15) is 24.2 Å². The molecule has 2 aromatic carbocycles. The van der Waals surface area contributed by atoms with Crippen molar-refractivity contribution >= 4 is 11.7 Å². The first-order valence-corrected chi connectivity index (χ1v) is 6.37. The highest BCUT2D eigenvalue weighted by Gasteiger charge is 2.12. The van der Waals surface area contributed by atoms with Crippen molar-refractivity contribution in [3.05, 3.63) is 48.0 Å². The van der Waals surface area contributed by atoms with Crippen LogP contribution in [-0.4, -0.2) is 17.2 Å². The lowest BCUT2D eigenvalue weighted by atomic mass is 9.99. The first-order chi connectivity index (χ1) is 9.47. The Morgan fingerprint density at radius 2 is 1.80 bits per heavy atom. The van der Waals surface area contributed by atoms with Crippen LogP contribution in [0.2, 0.25) is 0 Å². The van der Waals surface area contributed by atoms with Crippen molar-refractivity contribution in [2.75, 3.05) is 5.73 Å². The minimum Gasteiger partial charge on any atom is -0.491 e. The Labute approximate surface area is 117 Å². The number of carboxylic acid groups (broad SMARTS) is 1. The zero-order valence-electron chi connectivity index (χ0n) is 11.5. The van der Waals surface area contributed by atoms with Crippen molar-refractivity contribution in [1.29, 1.82) is 0 Å². The molecular formula is C16H17NO3. The maximum Gasteiger partial charge on any atom is 0.336 e. The van der Waals surface area contributed by atoms with Crippen LogP contribution < -0.4 is 10.5 Å². The standard InChI is InChI=1S/C16H17NO3/c1-10(2)20-13-6-3-11(4-7-13)15-9-12(17)5-8-14(15)16(18)19/h3-10H,17H2,1-2H3,(H,18,19). The summed E-state index contributed by atoms with van der Waals surface area (Å²) in [5.41, 5.74) is 7.91. The number of aromatic carboxylic acids is 1. The molecule has 0 saturated carbocycles. The van der Waals surface area contributed by atoms with Crippen molar-refractivity contribution < 1.29 is 14.6 Å². The third-order valence-corrected chi connectivity index (χ3v) is 2.81. The van der Waals surface area contributed by atoms with Gasteiger partial charge in [-0.3, -0.25) is 0 Å². The lowest BCUT2D eigenvalue weighted by Gasteiger charge is -2.11. The fourth-order valence-corrected chi connectivity index (χ4v) is 1.97. The second-order valence-electron chi connectivity index (χ2n) is 4.80. The summed E-state index contributed by atoms with van der Waals surface area (Å²) in [5.74, 6) is -0.216. The molecular weight excluding hydrogens is 254 g/mol. The van der Waals surface area contributed by atoms with E-state index in [4.69, 9.17) is 10.5 Å². The molecule has 4 heteroatoms. The molecule has 0 bridgehead atoms. The van der Waals surface area contributed by atoms with E-state index in [0.717, 1.165) is 11.3 Å². The average Bonchev–Trinajstić information content (AvgIpc) is 2.38. The topological polar surface area (TPSA) is 72.5 Å². The molecule has 0 atom stereocenters. The third kappa shape index (κ3) is 3.09. The lowest BCUT2D eigenvalue weighted by Crippen LogP contribution is -2.05. The first kappa shape index (κ1) is 13.9. The van der Waals surface area contributed by atoms with Gasteiger partial charge in [0, 0.05) is 5.69 Å². The van der Waals surface area contributed by atoms with E-state index in [2.05, 4.69) is 0 Å². The van der Waals surface area contributed by atoms with Crippen molar-refractivity contribution in [2.24, 2.45) is 0 Å². The number of nitrogen functional groups attached to an aromatic ring is 1. The van der Waals surface area contributed by atoms with Crippen LogP contribution in [0.4, 0.5) is 5.69 Å². The molecule has 0 radical (unpaired) electrons. The molecule has 0 saturated heterocycles. The molecule has 104 valence electrons. The molecule has 0 spiro atoms. The summed E-state index contributed by atoms with van der Waals surface area (Å²) in [4.78, 5) is 11.3. The van der Waals surface area contributed by atoms with E-state index in [1.807, 2.05) is 38.1 Å². The van der Waals surface area contributed by atoms with Crippen LogP contribution in [-0.2, 0) is 0 Å². The van der Waals surface area contributed by atoms with Gasteiger partial charge in [-0.15, -0.1) is 0 Å². The zero-order valence-corrected chi connectivity index (χ0v) is 11.5. The molecule has 0 aromatic heterocycles. The SMILES string of the molecule is CC(C)Oc1ccc(-c2cc(N)ccc2C(=O)O)cc1. The highest BCUT2D eigenvalue weighted by atomic mass is 16.5. The van der Waals surface area contributed by atoms with Crippen LogP contribution in [0.3, 0.4) is 0 Å². The summed E-state index contributed by atoms with van der Waals surface area (Å²) >= 11 is 0. The normalized spacial score (nSPS) is 10.6. The summed E-state index contributed by atoms with van der Waals surface area (Å²) in [6, 6.07) is 12.1. The van der Waals surface area contributed by atoms with E-state index >= 15 is 0 Å². The van der Waals surface area contributed by atoms with Gasteiger partial charge in [-0.2, -0.15) is 0 Å². The average molecular weight is 271 g/mol. The van der Waals surface area contributed by atoms with Crippen molar-refractivity contribution in [1.82, 2.24) is 0 Å². The number of carbonyl (C=O) groups is 1. The minimum atomic E-state index is -0.970. The maximum absolute atomic E-state index is 11.3. The van der Waals surface area contributed by atoms with Gasteiger partial charge in [-0.05, 0) is 55.3 Å². The molecule has 20 heavy (non-hydrogen) atoms. The Morgan fingerprint density at radius 1 is 1.15 bits per heavy atom. The van der Waals surface area contributed by atoms with Crippen molar-refractivity contribution in [3.63, 3.8) is 0 Å². The molecule has 0 fully saturated rings. The van der Waals surface area contributed by atoms with E-state index in [-0.39, 0.29) is 11.7 Å². The number of anilines is 1. The zero-order chi connectivity index (χ0) is 14.7.